The first-order valence-electron chi connectivity index (χ1n) is 13.4. The van der Waals surface area contributed by atoms with E-state index in [0.717, 1.165) is 41.5 Å². The Morgan fingerprint density at radius 3 is 2.65 bits per heavy atom. The lowest BCUT2D eigenvalue weighted by Crippen LogP contribution is -2.47. The zero-order valence-corrected chi connectivity index (χ0v) is 21.3. The highest BCUT2D eigenvalue weighted by atomic mass is 19.1. The Morgan fingerprint density at radius 1 is 1.05 bits per heavy atom. The molecular weight excluding hydrogens is 467 g/mol. The summed E-state index contributed by atoms with van der Waals surface area (Å²) >= 11 is 0. The van der Waals surface area contributed by atoms with Gasteiger partial charge in [0.05, 0.1) is 12.1 Å². The topological polar surface area (TPSA) is 79.7 Å². The first-order chi connectivity index (χ1) is 18.0. The molecule has 0 bridgehead atoms. The van der Waals surface area contributed by atoms with Gasteiger partial charge in [0.15, 0.2) is 5.82 Å². The standard InChI is InChI=1S/C29H33FN6O/c1-20-7-5-8-22-17-24(28(37)31-25(20)22)26(35-16-6-15-29(19-35)13-3-2-4-14-29)27-32-33-34-36(27)18-21-9-11-23(30)12-10-21/h5,7-12,17,26H,2-4,6,13-16,18-19H2,1H3,(H,31,37). The van der Waals surface area contributed by atoms with E-state index >= 15 is 0 Å². The van der Waals surface area contributed by atoms with Crippen LogP contribution in [0.2, 0.25) is 0 Å². The number of aromatic amines is 1. The van der Waals surface area contributed by atoms with Crippen molar-refractivity contribution in [1.29, 1.82) is 0 Å². The smallest absolute Gasteiger partial charge is 0.253 e. The molecule has 1 saturated heterocycles. The van der Waals surface area contributed by atoms with E-state index < -0.39 is 0 Å². The molecule has 1 aliphatic carbocycles. The highest BCUT2D eigenvalue weighted by Gasteiger charge is 2.41. The van der Waals surface area contributed by atoms with E-state index in [9.17, 15) is 9.18 Å². The molecule has 1 unspecified atom stereocenters. The molecule has 37 heavy (non-hydrogen) atoms. The third kappa shape index (κ3) is 4.70. The Morgan fingerprint density at radius 2 is 1.84 bits per heavy atom. The molecule has 1 saturated carbocycles. The third-order valence-corrected chi connectivity index (χ3v) is 8.43. The Balaban J connectivity index is 1.45. The molecule has 1 spiro atoms. The number of nitrogens with one attached hydrogen (secondary N) is 1. The molecule has 2 aromatic heterocycles. The lowest BCUT2D eigenvalue weighted by Gasteiger charge is -2.47. The number of piperidine rings is 1. The molecule has 1 aliphatic heterocycles. The average Bonchev–Trinajstić information content (AvgIpc) is 3.35. The van der Waals surface area contributed by atoms with Gasteiger partial charge >= 0.3 is 0 Å². The number of aromatic nitrogens is 5. The van der Waals surface area contributed by atoms with Crippen molar-refractivity contribution in [3.05, 3.63) is 87.2 Å². The van der Waals surface area contributed by atoms with E-state index in [4.69, 9.17) is 0 Å². The minimum absolute atomic E-state index is 0.105. The fraction of sp³-hybridized carbons (Fsp3) is 0.448. The Bertz CT molecular complexity index is 1450. The average molecular weight is 501 g/mol. The van der Waals surface area contributed by atoms with Crippen molar-refractivity contribution in [3.8, 4) is 0 Å². The number of rotatable bonds is 5. The second-order valence-electron chi connectivity index (χ2n) is 11.0. The van der Waals surface area contributed by atoms with Crippen molar-refractivity contribution in [1.82, 2.24) is 30.1 Å². The van der Waals surface area contributed by atoms with Crippen LogP contribution in [-0.2, 0) is 6.54 Å². The summed E-state index contributed by atoms with van der Waals surface area (Å²) < 4.78 is 15.3. The van der Waals surface area contributed by atoms with Crippen LogP contribution in [0.4, 0.5) is 4.39 Å². The van der Waals surface area contributed by atoms with Gasteiger partial charge in [-0.2, -0.15) is 0 Å². The maximum Gasteiger partial charge on any atom is 0.253 e. The predicted octanol–water partition coefficient (Wildman–Crippen LogP) is 5.15. The molecule has 8 heteroatoms. The van der Waals surface area contributed by atoms with Crippen LogP contribution in [-0.4, -0.2) is 43.2 Å². The summed E-state index contributed by atoms with van der Waals surface area (Å²) in [6.45, 7) is 4.24. The second-order valence-corrected chi connectivity index (χ2v) is 11.0. The molecule has 2 fully saturated rings. The number of benzene rings is 2. The quantitative estimate of drug-likeness (QED) is 0.410. The minimum Gasteiger partial charge on any atom is -0.321 e. The summed E-state index contributed by atoms with van der Waals surface area (Å²) in [7, 11) is 0. The zero-order valence-electron chi connectivity index (χ0n) is 21.3. The van der Waals surface area contributed by atoms with E-state index in [1.165, 1.54) is 50.7 Å². The lowest BCUT2D eigenvalue weighted by atomic mass is 9.69. The molecule has 6 rings (SSSR count). The number of likely N-dealkylation sites (tertiary alicyclic amines) is 1. The molecule has 0 amide bonds. The van der Waals surface area contributed by atoms with E-state index in [1.54, 1.807) is 16.8 Å². The van der Waals surface area contributed by atoms with Crippen LogP contribution in [0.3, 0.4) is 0 Å². The number of para-hydroxylation sites is 1. The minimum atomic E-state index is -0.372. The maximum atomic E-state index is 13.6. The molecule has 7 nitrogen and oxygen atoms in total. The van der Waals surface area contributed by atoms with E-state index in [0.29, 0.717) is 23.3 Å². The summed E-state index contributed by atoms with van der Waals surface area (Å²) in [4.78, 5) is 19.2. The highest BCUT2D eigenvalue weighted by molar-refractivity contribution is 5.82. The summed E-state index contributed by atoms with van der Waals surface area (Å²) in [5, 5.41) is 13.8. The van der Waals surface area contributed by atoms with Crippen LogP contribution in [0.15, 0.2) is 53.3 Å². The van der Waals surface area contributed by atoms with Crippen LogP contribution in [0.25, 0.3) is 10.9 Å². The van der Waals surface area contributed by atoms with Gasteiger partial charge in [-0.15, -0.1) is 5.10 Å². The van der Waals surface area contributed by atoms with Crippen LogP contribution in [0, 0.1) is 18.2 Å². The van der Waals surface area contributed by atoms with E-state index in [1.807, 2.05) is 31.2 Å². The number of hydrogen-bond acceptors (Lipinski definition) is 5. The highest BCUT2D eigenvalue weighted by Crippen LogP contribution is 2.45. The summed E-state index contributed by atoms with van der Waals surface area (Å²) in [5.41, 5.74) is 3.66. The third-order valence-electron chi connectivity index (χ3n) is 8.43. The fourth-order valence-corrected chi connectivity index (χ4v) is 6.56. The Labute approximate surface area is 215 Å². The van der Waals surface area contributed by atoms with Gasteiger partial charge in [-0.25, -0.2) is 9.07 Å². The van der Waals surface area contributed by atoms with E-state index in [-0.39, 0.29) is 17.4 Å². The number of pyridine rings is 1. The van der Waals surface area contributed by atoms with Gasteiger partial charge in [0, 0.05) is 12.1 Å². The Hall–Kier alpha value is -3.39. The maximum absolute atomic E-state index is 13.6. The van der Waals surface area contributed by atoms with Crippen LogP contribution >= 0.6 is 0 Å². The number of H-pyrrole nitrogens is 1. The van der Waals surface area contributed by atoms with Crippen molar-refractivity contribution in [2.24, 2.45) is 5.41 Å². The molecule has 192 valence electrons. The molecule has 4 aromatic rings. The molecule has 3 heterocycles. The molecule has 2 aliphatic rings. The monoisotopic (exact) mass is 500 g/mol. The molecule has 2 aromatic carbocycles. The Kier molecular flexibility index (Phi) is 6.36. The largest absolute Gasteiger partial charge is 0.321 e. The number of hydrogen-bond donors (Lipinski definition) is 1. The molecule has 0 radical (unpaired) electrons. The van der Waals surface area contributed by atoms with Gasteiger partial charge in [-0.05, 0) is 89.7 Å². The van der Waals surface area contributed by atoms with Crippen molar-refractivity contribution < 1.29 is 4.39 Å². The van der Waals surface area contributed by atoms with Crippen LogP contribution < -0.4 is 5.56 Å². The van der Waals surface area contributed by atoms with Gasteiger partial charge in [-0.3, -0.25) is 9.69 Å². The number of fused-ring (bicyclic) bond motifs is 1. The van der Waals surface area contributed by atoms with Crippen LogP contribution in [0.5, 0.6) is 0 Å². The van der Waals surface area contributed by atoms with Crippen molar-refractivity contribution in [2.75, 3.05) is 13.1 Å². The number of tetrazole rings is 1. The number of aryl methyl sites for hydroxylation is 1. The zero-order chi connectivity index (χ0) is 25.4. The van der Waals surface area contributed by atoms with Gasteiger partial charge in [0.1, 0.15) is 11.9 Å². The van der Waals surface area contributed by atoms with Crippen molar-refractivity contribution >= 4 is 10.9 Å². The van der Waals surface area contributed by atoms with Crippen molar-refractivity contribution in [3.63, 3.8) is 0 Å². The van der Waals surface area contributed by atoms with Crippen LogP contribution in [0.1, 0.15) is 73.5 Å². The van der Waals surface area contributed by atoms with Gasteiger partial charge in [-0.1, -0.05) is 49.6 Å². The van der Waals surface area contributed by atoms with Gasteiger partial charge in [0.2, 0.25) is 0 Å². The first kappa shape index (κ1) is 24.0. The normalized spacial score (nSPS) is 18.9. The van der Waals surface area contributed by atoms with Gasteiger partial charge < -0.3 is 4.98 Å². The number of halogens is 1. The summed E-state index contributed by atoms with van der Waals surface area (Å²) in [5.74, 6) is 0.373. The molecular formula is C29H33FN6O. The molecule has 1 N–H and O–H groups in total. The van der Waals surface area contributed by atoms with Crippen molar-refractivity contribution in [2.45, 2.75) is 64.5 Å². The summed E-state index contributed by atoms with van der Waals surface area (Å²) in [6, 6.07) is 14.1. The van der Waals surface area contributed by atoms with Gasteiger partial charge in [0.25, 0.3) is 5.56 Å². The SMILES string of the molecule is Cc1cccc2cc(C(c3nnnn3Cc3ccc(F)cc3)N3CCCC4(CCCCC4)C3)c(=O)[nH]c12. The predicted molar refractivity (Wildman–Crippen MR) is 141 cm³/mol. The molecule has 1 atom stereocenters. The number of nitrogens with zero attached hydrogens (tertiary/aromatic N) is 5. The second kappa shape index (κ2) is 9.82. The lowest BCUT2D eigenvalue weighted by molar-refractivity contribution is 0.0340. The first-order valence-corrected chi connectivity index (χ1v) is 13.4. The summed E-state index contributed by atoms with van der Waals surface area (Å²) in [6.07, 6.45) is 8.68. The fourth-order valence-electron chi connectivity index (χ4n) is 6.56. The van der Waals surface area contributed by atoms with E-state index in [2.05, 4.69) is 25.4 Å².